The number of aromatic hydroxyl groups is 1. The minimum absolute atomic E-state index is 0.0486. The van der Waals surface area contributed by atoms with Gasteiger partial charge in [0.1, 0.15) is 0 Å². The van der Waals surface area contributed by atoms with Crippen LogP contribution in [0.2, 0.25) is 0 Å². The van der Waals surface area contributed by atoms with Gasteiger partial charge in [-0.25, -0.2) is 0 Å². The topological polar surface area (TPSA) is 84.6 Å². The molecule has 2 aromatic rings. The molecule has 0 bridgehead atoms. The van der Waals surface area contributed by atoms with Gasteiger partial charge in [0.15, 0.2) is 11.5 Å². The van der Waals surface area contributed by atoms with Crippen LogP contribution in [-0.4, -0.2) is 18.1 Å². The molecular formula is C14H13BrN2O3. The van der Waals surface area contributed by atoms with E-state index < -0.39 is 0 Å². The minimum atomic E-state index is -0.353. The number of carbonyl (C=O) groups excluding carboxylic acids is 1. The summed E-state index contributed by atoms with van der Waals surface area (Å²) in [5.41, 5.74) is 6.95. The zero-order valence-electron chi connectivity index (χ0n) is 10.7. The maximum atomic E-state index is 12.1. The molecule has 6 heteroatoms. The van der Waals surface area contributed by atoms with E-state index in [1.165, 1.54) is 13.2 Å². The number of amides is 1. The van der Waals surface area contributed by atoms with E-state index in [9.17, 15) is 9.90 Å². The Bertz CT molecular complexity index is 659. The predicted molar refractivity (Wildman–Crippen MR) is 81.2 cm³/mol. The Balaban J connectivity index is 2.23. The number of carbonyl (C=O) groups is 1. The van der Waals surface area contributed by atoms with Gasteiger partial charge < -0.3 is 20.9 Å². The van der Waals surface area contributed by atoms with Crippen molar-refractivity contribution in [3.63, 3.8) is 0 Å². The number of hydrogen-bond donors (Lipinski definition) is 3. The molecule has 0 aliphatic heterocycles. The third-order valence-corrected chi connectivity index (χ3v) is 3.19. The zero-order valence-corrected chi connectivity index (χ0v) is 12.3. The van der Waals surface area contributed by atoms with Crippen LogP contribution in [-0.2, 0) is 0 Å². The van der Waals surface area contributed by atoms with Crippen molar-refractivity contribution >= 4 is 33.2 Å². The summed E-state index contributed by atoms with van der Waals surface area (Å²) in [5.74, 6) is -0.0640. The van der Waals surface area contributed by atoms with Gasteiger partial charge in [-0.1, -0.05) is 15.9 Å². The van der Waals surface area contributed by atoms with Crippen LogP contribution in [0.5, 0.6) is 11.5 Å². The van der Waals surface area contributed by atoms with Crippen LogP contribution in [0.4, 0.5) is 11.4 Å². The molecule has 0 heterocycles. The van der Waals surface area contributed by atoms with Gasteiger partial charge in [0.05, 0.1) is 12.7 Å². The fourth-order valence-corrected chi connectivity index (χ4v) is 2.05. The molecular weight excluding hydrogens is 324 g/mol. The smallest absolute Gasteiger partial charge is 0.257 e. The molecule has 0 fully saturated rings. The quantitative estimate of drug-likeness (QED) is 0.752. The molecule has 0 unspecified atom stereocenters. The van der Waals surface area contributed by atoms with Gasteiger partial charge in [-0.15, -0.1) is 0 Å². The molecule has 0 spiro atoms. The SMILES string of the molecule is COc1ccc(NC(=O)c2cc(Br)ccc2N)cc1O. The fourth-order valence-electron chi connectivity index (χ4n) is 1.69. The lowest BCUT2D eigenvalue weighted by atomic mass is 10.1. The summed E-state index contributed by atoms with van der Waals surface area (Å²) < 4.78 is 5.69. The first-order valence-corrected chi connectivity index (χ1v) is 6.54. The second-order valence-electron chi connectivity index (χ2n) is 4.07. The van der Waals surface area contributed by atoms with Gasteiger partial charge in [-0.2, -0.15) is 0 Å². The number of phenolic OH excluding ortho intramolecular Hbond substituents is 1. The Kier molecular flexibility index (Phi) is 4.14. The van der Waals surface area contributed by atoms with Crippen LogP contribution in [0.25, 0.3) is 0 Å². The molecule has 0 atom stereocenters. The summed E-state index contributed by atoms with van der Waals surface area (Å²) in [7, 11) is 1.45. The number of hydrogen-bond acceptors (Lipinski definition) is 4. The second-order valence-corrected chi connectivity index (χ2v) is 4.99. The van der Waals surface area contributed by atoms with Crippen LogP contribution in [0.1, 0.15) is 10.4 Å². The summed E-state index contributed by atoms with van der Waals surface area (Å²) >= 11 is 3.29. The molecule has 0 radical (unpaired) electrons. The average molecular weight is 337 g/mol. The molecule has 0 aromatic heterocycles. The summed E-state index contributed by atoms with van der Waals surface area (Å²) in [6, 6.07) is 9.63. The Morgan fingerprint density at radius 1 is 1.30 bits per heavy atom. The second kappa shape index (κ2) is 5.83. The van der Waals surface area contributed by atoms with Gasteiger partial charge in [0, 0.05) is 21.9 Å². The monoisotopic (exact) mass is 336 g/mol. The Morgan fingerprint density at radius 3 is 2.70 bits per heavy atom. The Hall–Kier alpha value is -2.21. The highest BCUT2D eigenvalue weighted by atomic mass is 79.9. The highest BCUT2D eigenvalue weighted by Crippen LogP contribution is 2.29. The molecule has 0 saturated carbocycles. The van der Waals surface area contributed by atoms with Crippen molar-refractivity contribution in [3.8, 4) is 11.5 Å². The van der Waals surface area contributed by atoms with E-state index in [0.717, 1.165) is 4.47 Å². The first-order valence-electron chi connectivity index (χ1n) is 5.74. The Labute approximate surface area is 124 Å². The van der Waals surface area contributed by atoms with Gasteiger partial charge in [0.2, 0.25) is 0 Å². The lowest BCUT2D eigenvalue weighted by Gasteiger charge is -2.09. The van der Waals surface area contributed by atoms with Crippen molar-refractivity contribution in [1.29, 1.82) is 0 Å². The number of methoxy groups -OCH3 is 1. The molecule has 1 amide bonds. The largest absolute Gasteiger partial charge is 0.504 e. The summed E-state index contributed by atoms with van der Waals surface area (Å²) in [5, 5.41) is 12.3. The standard InChI is InChI=1S/C14H13BrN2O3/c1-20-13-5-3-9(7-12(13)18)17-14(19)10-6-8(15)2-4-11(10)16/h2-7,18H,16H2,1H3,(H,17,19). The Morgan fingerprint density at radius 2 is 2.05 bits per heavy atom. The van der Waals surface area contributed by atoms with Crippen molar-refractivity contribution in [3.05, 3.63) is 46.4 Å². The van der Waals surface area contributed by atoms with E-state index in [1.54, 1.807) is 30.3 Å². The highest BCUT2D eigenvalue weighted by Gasteiger charge is 2.11. The lowest BCUT2D eigenvalue weighted by Crippen LogP contribution is -2.14. The van der Waals surface area contributed by atoms with Gasteiger partial charge >= 0.3 is 0 Å². The van der Waals surface area contributed by atoms with E-state index >= 15 is 0 Å². The van der Waals surface area contributed by atoms with E-state index in [0.29, 0.717) is 22.7 Å². The number of nitrogens with one attached hydrogen (secondary N) is 1. The third-order valence-electron chi connectivity index (χ3n) is 2.70. The van der Waals surface area contributed by atoms with Crippen molar-refractivity contribution in [2.75, 3.05) is 18.2 Å². The highest BCUT2D eigenvalue weighted by molar-refractivity contribution is 9.10. The predicted octanol–water partition coefficient (Wildman–Crippen LogP) is 3.00. The number of halogens is 1. The zero-order chi connectivity index (χ0) is 14.7. The van der Waals surface area contributed by atoms with E-state index in [2.05, 4.69) is 21.2 Å². The number of ether oxygens (including phenoxy) is 1. The van der Waals surface area contributed by atoms with Crippen LogP contribution in [0.15, 0.2) is 40.9 Å². The summed E-state index contributed by atoms with van der Waals surface area (Å²) in [6.45, 7) is 0. The number of phenols is 1. The molecule has 0 aliphatic carbocycles. The average Bonchev–Trinajstić information content (AvgIpc) is 2.41. The molecule has 0 aliphatic rings. The molecule has 2 aromatic carbocycles. The van der Waals surface area contributed by atoms with Crippen molar-refractivity contribution < 1.29 is 14.6 Å². The van der Waals surface area contributed by atoms with Crippen molar-refractivity contribution in [2.45, 2.75) is 0 Å². The first kappa shape index (κ1) is 14.2. The molecule has 5 nitrogen and oxygen atoms in total. The third kappa shape index (κ3) is 3.03. The maximum Gasteiger partial charge on any atom is 0.257 e. The number of rotatable bonds is 3. The van der Waals surface area contributed by atoms with Crippen LogP contribution in [0.3, 0.4) is 0 Å². The van der Waals surface area contributed by atoms with Gasteiger partial charge in [-0.05, 0) is 30.3 Å². The lowest BCUT2D eigenvalue weighted by molar-refractivity contribution is 0.102. The number of benzene rings is 2. The van der Waals surface area contributed by atoms with Gasteiger partial charge in [0.25, 0.3) is 5.91 Å². The molecule has 0 saturated heterocycles. The first-order chi connectivity index (χ1) is 9.51. The normalized spacial score (nSPS) is 10.1. The van der Waals surface area contributed by atoms with Crippen LogP contribution in [0, 0.1) is 0 Å². The van der Waals surface area contributed by atoms with E-state index in [-0.39, 0.29) is 11.7 Å². The summed E-state index contributed by atoms with van der Waals surface area (Å²) in [4.78, 5) is 12.1. The summed E-state index contributed by atoms with van der Waals surface area (Å²) in [6.07, 6.45) is 0. The number of anilines is 2. The van der Waals surface area contributed by atoms with Crippen molar-refractivity contribution in [2.24, 2.45) is 0 Å². The molecule has 2 rings (SSSR count). The van der Waals surface area contributed by atoms with E-state index in [4.69, 9.17) is 10.5 Å². The van der Waals surface area contributed by atoms with Crippen LogP contribution < -0.4 is 15.8 Å². The number of nitrogens with two attached hydrogens (primary N) is 1. The fraction of sp³-hybridized carbons (Fsp3) is 0.0714. The van der Waals surface area contributed by atoms with Crippen LogP contribution >= 0.6 is 15.9 Å². The maximum absolute atomic E-state index is 12.1. The van der Waals surface area contributed by atoms with Gasteiger partial charge in [-0.3, -0.25) is 4.79 Å². The van der Waals surface area contributed by atoms with E-state index in [1.807, 2.05) is 0 Å². The minimum Gasteiger partial charge on any atom is -0.504 e. The molecule has 4 N–H and O–H groups in total. The molecule has 20 heavy (non-hydrogen) atoms. The van der Waals surface area contributed by atoms with Crippen molar-refractivity contribution in [1.82, 2.24) is 0 Å². The molecule has 104 valence electrons. The number of nitrogen functional groups attached to an aromatic ring is 1.